The van der Waals surface area contributed by atoms with E-state index in [-0.39, 0.29) is 11.9 Å². The van der Waals surface area contributed by atoms with Crippen LogP contribution in [0.1, 0.15) is 48.2 Å². The van der Waals surface area contributed by atoms with Gasteiger partial charge in [0.1, 0.15) is 17.4 Å². The molecule has 130 valence electrons. The summed E-state index contributed by atoms with van der Waals surface area (Å²) in [5.41, 5.74) is 1.04. The van der Waals surface area contributed by atoms with Gasteiger partial charge < -0.3 is 4.74 Å². The molecule has 0 aliphatic carbocycles. The van der Waals surface area contributed by atoms with E-state index < -0.39 is 5.54 Å². The van der Waals surface area contributed by atoms with E-state index in [4.69, 9.17) is 4.74 Å². The van der Waals surface area contributed by atoms with Crippen molar-refractivity contribution < 1.29 is 9.53 Å². The predicted octanol–water partition coefficient (Wildman–Crippen LogP) is 5.01. The molecule has 1 saturated heterocycles. The van der Waals surface area contributed by atoms with Crippen LogP contribution in [0.15, 0.2) is 53.0 Å². The zero-order valence-electron chi connectivity index (χ0n) is 14.4. The van der Waals surface area contributed by atoms with Crippen molar-refractivity contribution in [2.75, 3.05) is 13.1 Å². The van der Waals surface area contributed by atoms with Crippen molar-refractivity contribution in [1.82, 2.24) is 4.90 Å². The summed E-state index contributed by atoms with van der Waals surface area (Å²) in [4.78, 5) is 16.0. The van der Waals surface area contributed by atoms with Gasteiger partial charge >= 0.3 is 0 Å². The predicted molar refractivity (Wildman–Crippen MR) is 102 cm³/mol. The standard InChI is InChI=1S/C21H22BrNO2/c1-21(23-12-6-3-7-13-23)19(24)17-14-16(22)10-11-18(17)25-20(21)15-8-4-2-5-9-15/h2,4-5,8-11,14,20H,3,6-7,12-13H2,1H3/t20-,21+/m1/s1. The lowest BCUT2D eigenvalue weighted by molar-refractivity contribution is -0.0154. The third-order valence-electron chi connectivity index (χ3n) is 5.52. The highest BCUT2D eigenvalue weighted by Crippen LogP contribution is 2.45. The average Bonchev–Trinajstić information content (AvgIpc) is 2.66. The number of carbonyl (C=O) groups is 1. The first-order valence-corrected chi connectivity index (χ1v) is 9.71. The van der Waals surface area contributed by atoms with Crippen molar-refractivity contribution in [3.63, 3.8) is 0 Å². The summed E-state index contributed by atoms with van der Waals surface area (Å²) < 4.78 is 7.33. The van der Waals surface area contributed by atoms with E-state index in [0.717, 1.165) is 36.0 Å². The van der Waals surface area contributed by atoms with Gasteiger partial charge in [-0.1, -0.05) is 52.7 Å². The topological polar surface area (TPSA) is 29.5 Å². The number of ether oxygens (including phenoxy) is 1. The maximum absolute atomic E-state index is 13.6. The SMILES string of the molecule is C[C@]1(N2CCCCC2)C(=O)c2cc(Br)ccc2O[C@@H]1c1ccccc1. The van der Waals surface area contributed by atoms with Crippen LogP contribution in [0.5, 0.6) is 5.75 Å². The molecular weight excluding hydrogens is 378 g/mol. The number of ketones is 1. The van der Waals surface area contributed by atoms with Gasteiger partial charge in [-0.25, -0.2) is 0 Å². The molecule has 0 bridgehead atoms. The Morgan fingerprint density at radius 1 is 1.08 bits per heavy atom. The van der Waals surface area contributed by atoms with Crippen LogP contribution in [0.3, 0.4) is 0 Å². The van der Waals surface area contributed by atoms with Crippen LogP contribution in [0.2, 0.25) is 0 Å². The molecule has 2 heterocycles. The van der Waals surface area contributed by atoms with Crippen LogP contribution in [0.4, 0.5) is 0 Å². The Bertz CT molecular complexity index is 786. The van der Waals surface area contributed by atoms with Crippen LogP contribution in [0.25, 0.3) is 0 Å². The molecular formula is C21H22BrNO2. The number of nitrogens with zero attached hydrogens (tertiary/aromatic N) is 1. The zero-order valence-corrected chi connectivity index (χ0v) is 16.0. The third kappa shape index (κ3) is 2.81. The summed E-state index contributed by atoms with van der Waals surface area (Å²) in [6.45, 7) is 3.94. The van der Waals surface area contributed by atoms with Crippen LogP contribution in [-0.2, 0) is 0 Å². The highest BCUT2D eigenvalue weighted by Gasteiger charge is 2.52. The largest absolute Gasteiger partial charge is 0.483 e. The summed E-state index contributed by atoms with van der Waals surface area (Å²) >= 11 is 3.49. The third-order valence-corrected chi connectivity index (χ3v) is 6.01. The second-order valence-electron chi connectivity index (χ2n) is 7.07. The molecule has 0 amide bonds. The second-order valence-corrected chi connectivity index (χ2v) is 7.99. The fraction of sp³-hybridized carbons (Fsp3) is 0.381. The molecule has 0 aromatic heterocycles. The monoisotopic (exact) mass is 399 g/mol. The second kappa shape index (κ2) is 6.58. The van der Waals surface area contributed by atoms with Crippen LogP contribution < -0.4 is 4.74 Å². The Labute approximate surface area is 157 Å². The first kappa shape index (κ1) is 16.8. The highest BCUT2D eigenvalue weighted by molar-refractivity contribution is 9.10. The number of carbonyl (C=O) groups excluding carboxylic acids is 1. The minimum Gasteiger partial charge on any atom is -0.483 e. The molecule has 0 radical (unpaired) electrons. The van der Waals surface area contributed by atoms with Crippen LogP contribution >= 0.6 is 15.9 Å². The number of benzene rings is 2. The summed E-state index contributed by atoms with van der Waals surface area (Å²) in [6.07, 6.45) is 3.21. The van der Waals surface area contributed by atoms with Crippen molar-refractivity contribution in [3.05, 3.63) is 64.1 Å². The molecule has 4 rings (SSSR count). The van der Waals surface area contributed by atoms with Crippen molar-refractivity contribution in [3.8, 4) is 5.75 Å². The number of fused-ring (bicyclic) bond motifs is 1. The van der Waals surface area contributed by atoms with E-state index in [1.54, 1.807) is 0 Å². The van der Waals surface area contributed by atoms with Gasteiger partial charge in [0.05, 0.1) is 5.56 Å². The van der Waals surface area contributed by atoms with E-state index in [1.807, 2.05) is 36.4 Å². The van der Waals surface area contributed by atoms with Gasteiger partial charge in [0, 0.05) is 4.47 Å². The number of Topliss-reactive ketones (excluding diaryl/α,β-unsaturated/α-hetero) is 1. The van der Waals surface area contributed by atoms with Gasteiger partial charge in [0.15, 0.2) is 5.78 Å². The summed E-state index contributed by atoms with van der Waals surface area (Å²) in [5, 5.41) is 0. The van der Waals surface area contributed by atoms with Crippen LogP contribution in [0, 0.1) is 0 Å². The molecule has 0 N–H and O–H groups in total. The molecule has 25 heavy (non-hydrogen) atoms. The van der Waals surface area contributed by atoms with E-state index in [1.165, 1.54) is 6.42 Å². The lowest BCUT2D eigenvalue weighted by Gasteiger charge is -2.49. The average molecular weight is 400 g/mol. The van der Waals surface area contributed by atoms with E-state index in [2.05, 4.69) is 39.9 Å². The highest BCUT2D eigenvalue weighted by atomic mass is 79.9. The Morgan fingerprint density at radius 2 is 1.80 bits per heavy atom. The maximum atomic E-state index is 13.6. The Balaban J connectivity index is 1.85. The zero-order chi connectivity index (χ0) is 17.4. The van der Waals surface area contributed by atoms with Crippen LogP contribution in [-0.4, -0.2) is 29.3 Å². The molecule has 2 aliphatic rings. The summed E-state index contributed by atoms with van der Waals surface area (Å²) in [7, 11) is 0. The Morgan fingerprint density at radius 3 is 2.52 bits per heavy atom. The minimum atomic E-state index is -0.685. The minimum absolute atomic E-state index is 0.158. The number of hydrogen-bond donors (Lipinski definition) is 0. The fourth-order valence-corrected chi connectivity index (χ4v) is 4.47. The molecule has 0 spiro atoms. The van der Waals surface area contributed by atoms with Gasteiger partial charge in [0.2, 0.25) is 0 Å². The van der Waals surface area contributed by atoms with E-state index in [0.29, 0.717) is 11.3 Å². The Hall–Kier alpha value is -1.65. The quantitative estimate of drug-likeness (QED) is 0.710. The molecule has 0 unspecified atom stereocenters. The van der Waals surface area contributed by atoms with E-state index in [9.17, 15) is 4.79 Å². The van der Waals surface area contributed by atoms with Crippen molar-refractivity contribution >= 4 is 21.7 Å². The molecule has 2 aromatic rings. The molecule has 3 nitrogen and oxygen atoms in total. The Kier molecular flexibility index (Phi) is 4.42. The number of likely N-dealkylation sites (tertiary alicyclic amines) is 1. The number of hydrogen-bond acceptors (Lipinski definition) is 3. The lowest BCUT2D eigenvalue weighted by Crippen LogP contribution is -2.60. The normalized spacial score (nSPS) is 26.8. The molecule has 2 aliphatic heterocycles. The van der Waals surface area contributed by atoms with Crippen molar-refractivity contribution in [2.24, 2.45) is 0 Å². The maximum Gasteiger partial charge on any atom is 0.190 e. The first-order valence-electron chi connectivity index (χ1n) is 8.92. The lowest BCUT2D eigenvalue weighted by atomic mass is 9.77. The number of piperidine rings is 1. The van der Waals surface area contributed by atoms with Crippen molar-refractivity contribution in [2.45, 2.75) is 37.8 Å². The van der Waals surface area contributed by atoms with Gasteiger partial charge in [0.25, 0.3) is 0 Å². The number of halogens is 1. The number of rotatable bonds is 2. The molecule has 2 atom stereocenters. The van der Waals surface area contributed by atoms with Gasteiger partial charge in [-0.3, -0.25) is 9.69 Å². The van der Waals surface area contributed by atoms with Crippen molar-refractivity contribution in [1.29, 1.82) is 0 Å². The van der Waals surface area contributed by atoms with Gasteiger partial charge in [-0.15, -0.1) is 0 Å². The first-order chi connectivity index (χ1) is 12.1. The molecule has 0 saturated carbocycles. The van der Waals surface area contributed by atoms with Gasteiger partial charge in [-0.2, -0.15) is 0 Å². The van der Waals surface area contributed by atoms with Gasteiger partial charge in [-0.05, 0) is 56.6 Å². The molecule has 4 heteroatoms. The summed E-state index contributed by atoms with van der Waals surface area (Å²) in [6, 6.07) is 15.8. The molecule has 1 fully saturated rings. The molecule has 2 aromatic carbocycles. The smallest absolute Gasteiger partial charge is 0.190 e. The fourth-order valence-electron chi connectivity index (χ4n) is 4.10. The van der Waals surface area contributed by atoms with E-state index >= 15 is 0 Å². The summed E-state index contributed by atoms with van der Waals surface area (Å²) in [5.74, 6) is 0.836.